The smallest absolute Gasteiger partial charge is 0.272 e. The van der Waals surface area contributed by atoms with E-state index in [1.807, 2.05) is 26.0 Å². The monoisotopic (exact) mass is 276 g/mol. The quantitative estimate of drug-likeness (QED) is 0.885. The maximum Gasteiger partial charge on any atom is 0.272 e. The molecule has 1 saturated heterocycles. The number of rotatable bonds is 5. The molecule has 0 bridgehead atoms. The van der Waals surface area contributed by atoms with E-state index >= 15 is 0 Å². The van der Waals surface area contributed by atoms with Crippen LogP contribution in [0.2, 0.25) is 0 Å². The van der Waals surface area contributed by atoms with Gasteiger partial charge in [-0.3, -0.25) is 9.78 Å². The summed E-state index contributed by atoms with van der Waals surface area (Å²) >= 11 is 0. The summed E-state index contributed by atoms with van der Waals surface area (Å²) in [6.07, 6.45) is 2.67. The second kappa shape index (κ2) is 5.79. The van der Waals surface area contributed by atoms with E-state index in [9.17, 15) is 4.79 Å². The van der Waals surface area contributed by atoms with Gasteiger partial charge in [-0.2, -0.15) is 0 Å². The number of nitrogens with two attached hydrogens (primary N) is 1. The fourth-order valence-electron chi connectivity index (χ4n) is 2.53. The minimum absolute atomic E-state index is 0.00752. The van der Waals surface area contributed by atoms with E-state index < -0.39 is 0 Å². The van der Waals surface area contributed by atoms with Crippen LogP contribution in [0.1, 0.15) is 37.7 Å². The number of pyridine rings is 1. The molecular weight excluding hydrogens is 252 g/mol. The van der Waals surface area contributed by atoms with Gasteiger partial charge in [0, 0.05) is 38.1 Å². The molecular formula is C15H24N4O. The Labute approximate surface area is 120 Å². The van der Waals surface area contributed by atoms with Crippen LogP contribution in [0.15, 0.2) is 18.3 Å². The van der Waals surface area contributed by atoms with Crippen molar-refractivity contribution in [3.05, 3.63) is 24.0 Å². The molecule has 0 unspecified atom stereocenters. The molecule has 2 rings (SSSR count). The Bertz CT molecular complexity index is 479. The maximum atomic E-state index is 12.3. The van der Waals surface area contributed by atoms with E-state index in [-0.39, 0.29) is 11.4 Å². The van der Waals surface area contributed by atoms with Gasteiger partial charge < -0.3 is 15.5 Å². The molecule has 5 heteroatoms. The zero-order valence-corrected chi connectivity index (χ0v) is 12.6. The molecule has 1 aliphatic rings. The average molecular weight is 276 g/mol. The fourth-order valence-corrected chi connectivity index (χ4v) is 2.53. The van der Waals surface area contributed by atoms with Gasteiger partial charge in [-0.25, -0.2) is 0 Å². The van der Waals surface area contributed by atoms with E-state index in [1.54, 1.807) is 11.1 Å². The van der Waals surface area contributed by atoms with Gasteiger partial charge in [0.25, 0.3) is 5.91 Å². The van der Waals surface area contributed by atoms with Gasteiger partial charge >= 0.3 is 0 Å². The number of aromatic nitrogens is 1. The van der Waals surface area contributed by atoms with Crippen molar-refractivity contribution in [3.63, 3.8) is 0 Å². The molecule has 1 aromatic rings. The molecule has 0 spiro atoms. The topological polar surface area (TPSA) is 62.5 Å². The van der Waals surface area contributed by atoms with Crippen molar-refractivity contribution in [1.82, 2.24) is 9.88 Å². The van der Waals surface area contributed by atoms with Gasteiger partial charge in [0.2, 0.25) is 0 Å². The van der Waals surface area contributed by atoms with Gasteiger partial charge in [0.1, 0.15) is 5.69 Å². The number of anilines is 1. The molecule has 2 N–H and O–H groups in total. The lowest BCUT2D eigenvalue weighted by Gasteiger charge is -2.48. The highest BCUT2D eigenvalue weighted by Gasteiger charge is 2.37. The molecule has 1 fully saturated rings. The van der Waals surface area contributed by atoms with Crippen LogP contribution in [-0.2, 0) is 0 Å². The number of hydrogen-bond acceptors (Lipinski definition) is 4. The molecule has 0 aliphatic carbocycles. The van der Waals surface area contributed by atoms with Crippen LogP contribution in [0, 0.1) is 0 Å². The lowest BCUT2D eigenvalue weighted by molar-refractivity contribution is 0.0767. The number of amides is 1. The maximum absolute atomic E-state index is 12.3. The lowest BCUT2D eigenvalue weighted by Crippen LogP contribution is -2.67. The zero-order valence-electron chi connectivity index (χ0n) is 12.6. The standard InChI is InChI=1S/C15H24N4O/c1-4-15(16)10-19(11-15)12-7-8-17-13(9-12)14(20)18(5-2)6-3/h7-9H,4-6,10-11,16H2,1-3H3. The first kappa shape index (κ1) is 14.8. The van der Waals surface area contributed by atoms with Crippen molar-refractivity contribution >= 4 is 11.6 Å². The van der Waals surface area contributed by atoms with Crippen molar-refractivity contribution in [1.29, 1.82) is 0 Å². The third-order valence-corrected chi connectivity index (χ3v) is 4.09. The summed E-state index contributed by atoms with van der Waals surface area (Å²) in [5.41, 5.74) is 7.65. The van der Waals surface area contributed by atoms with Crippen molar-refractivity contribution in [2.45, 2.75) is 32.7 Å². The SMILES string of the molecule is CCN(CC)C(=O)c1cc(N2CC(N)(CC)C2)ccn1. The minimum atomic E-state index is -0.0771. The highest BCUT2D eigenvalue weighted by Crippen LogP contribution is 2.28. The molecule has 0 atom stereocenters. The lowest BCUT2D eigenvalue weighted by atomic mass is 9.88. The largest absolute Gasteiger partial charge is 0.368 e. The molecule has 1 aromatic heterocycles. The van der Waals surface area contributed by atoms with Gasteiger partial charge in [0.15, 0.2) is 0 Å². The van der Waals surface area contributed by atoms with Crippen molar-refractivity contribution in [2.75, 3.05) is 31.1 Å². The van der Waals surface area contributed by atoms with Crippen LogP contribution in [0.3, 0.4) is 0 Å². The normalized spacial score (nSPS) is 16.7. The molecule has 0 saturated carbocycles. The summed E-state index contributed by atoms with van der Waals surface area (Å²) in [4.78, 5) is 20.5. The Kier molecular flexibility index (Phi) is 4.28. The first-order valence-electron chi connectivity index (χ1n) is 7.32. The predicted octanol–water partition coefficient (Wildman–Crippen LogP) is 1.49. The van der Waals surface area contributed by atoms with Crippen LogP contribution < -0.4 is 10.6 Å². The summed E-state index contributed by atoms with van der Waals surface area (Å²) in [5, 5.41) is 0. The number of hydrogen-bond donors (Lipinski definition) is 1. The summed E-state index contributed by atoms with van der Waals surface area (Å²) < 4.78 is 0. The molecule has 0 aromatic carbocycles. The summed E-state index contributed by atoms with van der Waals surface area (Å²) in [7, 11) is 0. The Balaban J connectivity index is 2.11. The molecule has 1 aliphatic heterocycles. The van der Waals surface area contributed by atoms with Gasteiger partial charge in [-0.05, 0) is 32.4 Å². The van der Waals surface area contributed by atoms with E-state index in [0.717, 1.165) is 25.2 Å². The Morgan fingerprint density at radius 1 is 1.40 bits per heavy atom. The third kappa shape index (κ3) is 2.77. The molecule has 110 valence electrons. The van der Waals surface area contributed by atoms with E-state index in [0.29, 0.717) is 18.8 Å². The van der Waals surface area contributed by atoms with Crippen LogP contribution in [0.4, 0.5) is 5.69 Å². The minimum Gasteiger partial charge on any atom is -0.368 e. The molecule has 0 radical (unpaired) electrons. The molecule has 5 nitrogen and oxygen atoms in total. The summed E-state index contributed by atoms with van der Waals surface area (Å²) in [5.74, 6) is -0.00752. The van der Waals surface area contributed by atoms with Crippen LogP contribution in [0.25, 0.3) is 0 Å². The van der Waals surface area contributed by atoms with Crippen LogP contribution in [-0.4, -0.2) is 47.5 Å². The van der Waals surface area contributed by atoms with Crippen molar-refractivity contribution < 1.29 is 4.79 Å². The van der Waals surface area contributed by atoms with Crippen LogP contribution >= 0.6 is 0 Å². The van der Waals surface area contributed by atoms with E-state index in [1.165, 1.54) is 0 Å². The van der Waals surface area contributed by atoms with Gasteiger partial charge in [0.05, 0.1) is 5.54 Å². The molecule has 2 heterocycles. The predicted molar refractivity (Wildman–Crippen MR) is 80.9 cm³/mol. The second-order valence-electron chi connectivity index (χ2n) is 5.45. The Morgan fingerprint density at radius 3 is 2.60 bits per heavy atom. The number of carbonyl (C=O) groups excluding carboxylic acids is 1. The van der Waals surface area contributed by atoms with Crippen molar-refractivity contribution in [3.8, 4) is 0 Å². The molecule has 20 heavy (non-hydrogen) atoms. The second-order valence-corrected chi connectivity index (χ2v) is 5.45. The first-order valence-corrected chi connectivity index (χ1v) is 7.32. The first-order chi connectivity index (χ1) is 9.53. The highest BCUT2D eigenvalue weighted by atomic mass is 16.2. The Morgan fingerprint density at radius 2 is 2.05 bits per heavy atom. The number of nitrogens with zero attached hydrogens (tertiary/aromatic N) is 3. The van der Waals surface area contributed by atoms with Gasteiger partial charge in [-0.15, -0.1) is 0 Å². The van der Waals surface area contributed by atoms with Gasteiger partial charge in [-0.1, -0.05) is 6.92 Å². The summed E-state index contributed by atoms with van der Waals surface area (Å²) in [6, 6.07) is 3.81. The number of carbonyl (C=O) groups is 1. The fraction of sp³-hybridized carbons (Fsp3) is 0.600. The average Bonchev–Trinajstić information content (AvgIpc) is 2.45. The molecule has 1 amide bonds. The van der Waals surface area contributed by atoms with Crippen molar-refractivity contribution in [2.24, 2.45) is 5.73 Å². The van der Waals surface area contributed by atoms with Crippen LogP contribution in [0.5, 0.6) is 0 Å². The van der Waals surface area contributed by atoms with E-state index in [4.69, 9.17) is 5.73 Å². The summed E-state index contributed by atoms with van der Waals surface area (Å²) in [6.45, 7) is 9.15. The third-order valence-electron chi connectivity index (χ3n) is 4.09. The zero-order chi connectivity index (χ0) is 14.8. The van der Waals surface area contributed by atoms with E-state index in [2.05, 4.69) is 16.8 Å². The Hall–Kier alpha value is -1.62. The highest BCUT2D eigenvalue weighted by molar-refractivity contribution is 5.93.